The first-order valence-electron chi connectivity index (χ1n) is 6.56. The summed E-state index contributed by atoms with van der Waals surface area (Å²) in [7, 11) is 0. The van der Waals surface area contributed by atoms with Gasteiger partial charge in [0.25, 0.3) is 0 Å². The Balaban J connectivity index is 2.11. The Labute approximate surface area is 108 Å². The van der Waals surface area contributed by atoms with E-state index in [4.69, 9.17) is 15.3 Å². The van der Waals surface area contributed by atoms with E-state index >= 15 is 0 Å². The first kappa shape index (κ1) is 13.3. The van der Waals surface area contributed by atoms with Crippen molar-refractivity contribution < 1.29 is 9.47 Å². The molecule has 3 unspecified atom stereocenters. The van der Waals surface area contributed by atoms with Gasteiger partial charge in [-0.25, -0.2) is 0 Å². The van der Waals surface area contributed by atoms with Gasteiger partial charge in [0.2, 0.25) is 0 Å². The Morgan fingerprint density at radius 1 is 1.44 bits per heavy atom. The molecule has 0 saturated carbocycles. The lowest BCUT2D eigenvalue weighted by Gasteiger charge is -2.25. The van der Waals surface area contributed by atoms with Crippen LogP contribution in [0.3, 0.4) is 0 Å². The molecule has 0 radical (unpaired) electrons. The highest BCUT2D eigenvalue weighted by Gasteiger charge is 2.32. The molecule has 1 aliphatic rings. The fraction of sp³-hybridized carbons (Fsp3) is 0.571. The van der Waals surface area contributed by atoms with Gasteiger partial charge in [0, 0.05) is 6.61 Å². The number of ether oxygens (including phenoxy) is 2. The minimum atomic E-state index is 0.0400. The Kier molecular flexibility index (Phi) is 4.58. The van der Waals surface area contributed by atoms with Crippen molar-refractivity contribution in [2.24, 2.45) is 11.8 Å². The van der Waals surface area contributed by atoms with Crippen molar-refractivity contribution in [3.8, 4) is 5.75 Å². The second kappa shape index (κ2) is 6.18. The van der Waals surface area contributed by atoms with Crippen molar-refractivity contribution in [3.63, 3.8) is 0 Å². The van der Waals surface area contributed by atoms with Gasteiger partial charge in [-0.3, -0.25) is 11.3 Å². The van der Waals surface area contributed by atoms with Gasteiger partial charge in [-0.15, -0.1) is 0 Å². The van der Waals surface area contributed by atoms with E-state index in [0.717, 1.165) is 24.3 Å². The van der Waals surface area contributed by atoms with Gasteiger partial charge in [-0.2, -0.15) is 0 Å². The van der Waals surface area contributed by atoms with E-state index in [-0.39, 0.29) is 12.1 Å². The van der Waals surface area contributed by atoms with Gasteiger partial charge in [0.15, 0.2) is 0 Å². The minimum absolute atomic E-state index is 0.0400. The maximum atomic E-state index is 5.78. The molecule has 0 spiro atoms. The lowest BCUT2D eigenvalue weighted by molar-refractivity contribution is 0.0607. The zero-order chi connectivity index (χ0) is 13.0. The van der Waals surface area contributed by atoms with Crippen LogP contribution < -0.4 is 16.0 Å². The van der Waals surface area contributed by atoms with Gasteiger partial charge >= 0.3 is 0 Å². The van der Waals surface area contributed by atoms with Crippen molar-refractivity contribution in [2.45, 2.75) is 32.4 Å². The topological polar surface area (TPSA) is 56.5 Å². The maximum Gasteiger partial charge on any atom is 0.119 e. The van der Waals surface area contributed by atoms with Crippen LogP contribution in [0.15, 0.2) is 24.3 Å². The monoisotopic (exact) mass is 250 g/mol. The highest BCUT2D eigenvalue weighted by molar-refractivity contribution is 5.30. The summed E-state index contributed by atoms with van der Waals surface area (Å²) in [5.41, 5.74) is 4.01. The lowest BCUT2D eigenvalue weighted by atomic mass is 9.93. The standard InChI is InChI=1S/C14H22N2O2/c1-3-17-12-6-4-11(5-7-12)13(16-15)14-10(2)8-9-18-14/h4-7,10,13-14,16H,3,8-9,15H2,1-2H3. The van der Waals surface area contributed by atoms with E-state index in [2.05, 4.69) is 12.3 Å². The van der Waals surface area contributed by atoms with Crippen LogP contribution in [-0.2, 0) is 4.74 Å². The van der Waals surface area contributed by atoms with Crippen LogP contribution in [0.1, 0.15) is 31.9 Å². The molecular formula is C14H22N2O2. The number of rotatable bonds is 5. The third-order valence-corrected chi connectivity index (χ3v) is 3.50. The molecule has 1 heterocycles. The normalized spacial score (nSPS) is 25.1. The highest BCUT2D eigenvalue weighted by atomic mass is 16.5. The summed E-state index contributed by atoms with van der Waals surface area (Å²) in [5, 5.41) is 0. The second-order valence-corrected chi connectivity index (χ2v) is 4.75. The first-order valence-corrected chi connectivity index (χ1v) is 6.56. The molecule has 1 fully saturated rings. The number of hydrogen-bond donors (Lipinski definition) is 2. The fourth-order valence-electron chi connectivity index (χ4n) is 2.46. The molecule has 0 aliphatic carbocycles. The summed E-state index contributed by atoms with van der Waals surface area (Å²) in [6, 6.07) is 8.08. The summed E-state index contributed by atoms with van der Waals surface area (Å²) in [5.74, 6) is 7.09. The van der Waals surface area contributed by atoms with Crippen molar-refractivity contribution in [2.75, 3.05) is 13.2 Å². The van der Waals surface area contributed by atoms with Crippen molar-refractivity contribution >= 4 is 0 Å². The molecule has 1 saturated heterocycles. The van der Waals surface area contributed by atoms with E-state index in [1.807, 2.05) is 31.2 Å². The number of hydrogen-bond acceptors (Lipinski definition) is 4. The Morgan fingerprint density at radius 3 is 2.67 bits per heavy atom. The summed E-state index contributed by atoms with van der Waals surface area (Å²) >= 11 is 0. The van der Waals surface area contributed by atoms with Gasteiger partial charge in [-0.1, -0.05) is 19.1 Å². The largest absolute Gasteiger partial charge is 0.494 e. The van der Waals surface area contributed by atoms with Crippen LogP contribution in [0.5, 0.6) is 5.75 Å². The molecule has 1 aliphatic heterocycles. The van der Waals surface area contributed by atoms with Crippen molar-refractivity contribution in [1.29, 1.82) is 0 Å². The zero-order valence-corrected chi connectivity index (χ0v) is 11.1. The van der Waals surface area contributed by atoms with Crippen molar-refractivity contribution in [1.82, 2.24) is 5.43 Å². The number of benzene rings is 1. The third kappa shape index (κ3) is 2.83. The van der Waals surface area contributed by atoms with E-state index in [0.29, 0.717) is 12.5 Å². The molecule has 1 aromatic rings. The third-order valence-electron chi connectivity index (χ3n) is 3.50. The molecule has 3 N–H and O–H groups in total. The highest BCUT2D eigenvalue weighted by Crippen LogP contribution is 2.31. The molecule has 2 rings (SSSR count). The van der Waals surface area contributed by atoms with E-state index in [1.165, 1.54) is 0 Å². The summed E-state index contributed by atoms with van der Waals surface area (Å²) in [6.45, 7) is 5.69. The van der Waals surface area contributed by atoms with Crippen molar-refractivity contribution in [3.05, 3.63) is 29.8 Å². The Bertz CT molecular complexity index is 367. The SMILES string of the molecule is CCOc1ccc(C(NN)C2OCCC2C)cc1. The second-order valence-electron chi connectivity index (χ2n) is 4.75. The zero-order valence-electron chi connectivity index (χ0n) is 11.1. The molecule has 3 atom stereocenters. The summed E-state index contributed by atoms with van der Waals surface area (Å²) in [4.78, 5) is 0. The molecule has 100 valence electrons. The van der Waals surface area contributed by atoms with E-state index in [1.54, 1.807) is 0 Å². The predicted molar refractivity (Wildman–Crippen MR) is 71.2 cm³/mol. The van der Waals surface area contributed by atoms with E-state index < -0.39 is 0 Å². The quantitative estimate of drug-likeness (QED) is 0.620. The molecule has 4 heteroatoms. The van der Waals surface area contributed by atoms with Crippen LogP contribution in [-0.4, -0.2) is 19.3 Å². The molecule has 4 nitrogen and oxygen atoms in total. The van der Waals surface area contributed by atoms with Crippen LogP contribution in [0.2, 0.25) is 0 Å². The van der Waals surface area contributed by atoms with Gasteiger partial charge < -0.3 is 9.47 Å². The smallest absolute Gasteiger partial charge is 0.119 e. The molecule has 0 aromatic heterocycles. The molecule has 0 bridgehead atoms. The first-order chi connectivity index (χ1) is 8.76. The number of nitrogens with two attached hydrogens (primary N) is 1. The number of hydrazine groups is 1. The van der Waals surface area contributed by atoms with Crippen LogP contribution >= 0.6 is 0 Å². The van der Waals surface area contributed by atoms with Crippen LogP contribution in [0.4, 0.5) is 0 Å². The van der Waals surface area contributed by atoms with Gasteiger partial charge in [0.05, 0.1) is 18.8 Å². The van der Waals surface area contributed by atoms with Crippen LogP contribution in [0, 0.1) is 5.92 Å². The Hall–Kier alpha value is -1.10. The average Bonchev–Trinajstić information content (AvgIpc) is 2.79. The average molecular weight is 250 g/mol. The molecule has 0 amide bonds. The fourth-order valence-corrected chi connectivity index (χ4v) is 2.46. The lowest BCUT2D eigenvalue weighted by Crippen LogP contribution is -2.38. The summed E-state index contributed by atoms with van der Waals surface area (Å²) in [6.07, 6.45) is 1.24. The van der Waals surface area contributed by atoms with E-state index in [9.17, 15) is 0 Å². The Morgan fingerprint density at radius 2 is 2.17 bits per heavy atom. The molecule has 18 heavy (non-hydrogen) atoms. The molecule has 1 aromatic carbocycles. The minimum Gasteiger partial charge on any atom is -0.494 e. The van der Waals surface area contributed by atoms with Gasteiger partial charge in [-0.05, 0) is 37.0 Å². The molecular weight excluding hydrogens is 228 g/mol. The maximum absolute atomic E-state index is 5.78. The van der Waals surface area contributed by atoms with Gasteiger partial charge in [0.1, 0.15) is 5.75 Å². The number of nitrogens with one attached hydrogen (secondary N) is 1. The predicted octanol–water partition coefficient (Wildman–Crippen LogP) is 2.01. The summed E-state index contributed by atoms with van der Waals surface area (Å²) < 4.78 is 11.2. The van der Waals surface area contributed by atoms with Crippen LogP contribution in [0.25, 0.3) is 0 Å².